The molecule has 0 aromatic heterocycles. The minimum Gasteiger partial charge on any atom is -0.368 e. The molecule has 2 aliphatic rings. The van der Waals surface area contributed by atoms with Crippen molar-refractivity contribution in [2.24, 2.45) is 0 Å². The Kier molecular flexibility index (Phi) is 7.57. The minimum absolute atomic E-state index is 0.00796. The van der Waals surface area contributed by atoms with Gasteiger partial charge in [-0.3, -0.25) is 4.18 Å². The first-order chi connectivity index (χ1) is 16.2. The summed E-state index contributed by atoms with van der Waals surface area (Å²) in [5, 5.41) is 0. The average molecular weight is 504 g/mol. The lowest BCUT2D eigenvalue weighted by atomic mass is 9.97. The van der Waals surface area contributed by atoms with Crippen LogP contribution >= 0.6 is 0 Å². The minimum atomic E-state index is -5.99. The van der Waals surface area contributed by atoms with Gasteiger partial charge in [-0.2, -0.15) is 21.6 Å². The first kappa shape index (κ1) is 25.0. The third kappa shape index (κ3) is 5.43. The molecular weight excluding hydrogens is 481 g/mol. The number of methoxy groups -OCH3 is 1. The average Bonchev–Trinajstić information content (AvgIpc) is 2.83. The first-order valence-electron chi connectivity index (χ1n) is 10.3. The molecule has 2 aromatic carbocycles. The molecule has 186 valence electrons. The molecule has 0 aliphatic carbocycles. The van der Waals surface area contributed by atoms with Gasteiger partial charge in [0.1, 0.15) is 18.3 Å². The van der Waals surface area contributed by atoms with Gasteiger partial charge in [-0.15, -0.1) is 0 Å². The predicted molar refractivity (Wildman–Crippen MR) is 111 cm³/mol. The summed E-state index contributed by atoms with van der Waals surface area (Å²) < 4.78 is 96.2. The van der Waals surface area contributed by atoms with E-state index in [0.29, 0.717) is 11.1 Å². The van der Waals surface area contributed by atoms with Gasteiger partial charge in [-0.05, 0) is 5.56 Å². The van der Waals surface area contributed by atoms with E-state index in [9.17, 15) is 21.6 Å². The van der Waals surface area contributed by atoms with Gasteiger partial charge in [0.15, 0.2) is 18.7 Å². The molecule has 0 bridgehead atoms. The van der Waals surface area contributed by atoms with Crippen LogP contribution in [-0.4, -0.2) is 58.3 Å². The van der Waals surface area contributed by atoms with Crippen LogP contribution in [0.5, 0.6) is 0 Å². The van der Waals surface area contributed by atoms with Crippen LogP contribution in [0.15, 0.2) is 60.7 Å². The highest BCUT2D eigenvalue weighted by Crippen LogP contribution is 2.38. The molecule has 0 unspecified atom stereocenters. The molecule has 0 saturated carbocycles. The molecule has 2 saturated heterocycles. The topological polar surface area (TPSA) is 89.5 Å². The van der Waals surface area contributed by atoms with Gasteiger partial charge >= 0.3 is 15.6 Å². The number of halogens is 3. The van der Waals surface area contributed by atoms with Crippen molar-refractivity contribution in [1.82, 2.24) is 0 Å². The number of ether oxygens (including phenoxy) is 5. The second-order valence-corrected chi connectivity index (χ2v) is 9.24. The van der Waals surface area contributed by atoms with E-state index >= 15 is 0 Å². The van der Waals surface area contributed by atoms with Gasteiger partial charge in [0.25, 0.3) is 0 Å². The molecule has 2 aliphatic heterocycles. The third-order valence-corrected chi connectivity index (χ3v) is 6.44. The smallest absolute Gasteiger partial charge is 0.368 e. The Morgan fingerprint density at radius 3 is 2.24 bits per heavy atom. The Hall–Kier alpha value is -2.06. The molecule has 0 N–H and O–H groups in total. The summed E-state index contributed by atoms with van der Waals surface area (Å²) in [5.74, 6) is 0. The fourth-order valence-electron chi connectivity index (χ4n) is 3.78. The van der Waals surface area contributed by atoms with Crippen molar-refractivity contribution in [2.45, 2.75) is 49.1 Å². The van der Waals surface area contributed by atoms with E-state index in [2.05, 4.69) is 4.18 Å². The Balaban J connectivity index is 1.64. The predicted octanol–water partition coefficient (Wildman–Crippen LogP) is 3.29. The lowest BCUT2D eigenvalue weighted by Gasteiger charge is -2.48. The van der Waals surface area contributed by atoms with Crippen molar-refractivity contribution in [2.75, 3.05) is 13.7 Å². The Bertz CT molecular complexity index is 1040. The van der Waals surface area contributed by atoms with Crippen LogP contribution in [-0.2, 0) is 44.6 Å². The van der Waals surface area contributed by atoms with E-state index in [1.54, 1.807) is 60.7 Å². The zero-order chi connectivity index (χ0) is 24.3. The summed E-state index contributed by atoms with van der Waals surface area (Å²) in [6, 6.07) is 17.7. The second-order valence-electron chi connectivity index (χ2n) is 7.68. The SMILES string of the molecule is CO[C@@H]1O[C@@H]2CO[C@@H](c3ccccc3)O[C@H]2[C@H](OCc2ccccc2)[C@@H]1OS(=O)(=O)C(F)(F)F. The molecule has 2 aromatic rings. The van der Waals surface area contributed by atoms with E-state index in [4.69, 9.17) is 23.7 Å². The lowest BCUT2D eigenvalue weighted by molar-refractivity contribution is -0.360. The third-order valence-electron chi connectivity index (χ3n) is 5.39. The van der Waals surface area contributed by atoms with E-state index in [1.165, 1.54) is 0 Å². The summed E-state index contributed by atoms with van der Waals surface area (Å²) in [6.45, 7) is -0.0364. The van der Waals surface area contributed by atoms with Gasteiger partial charge in [-0.1, -0.05) is 60.7 Å². The molecule has 2 fully saturated rings. The molecule has 0 spiro atoms. The standard InChI is InChI=1S/C22H23F3O8S/c1-28-21-19(33-34(26,27)22(23,24)25)18(29-12-14-8-4-2-5-9-14)17-16(31-21)13-30-20(32-17)15-10-6-3-7-11-15/h2-11,16-21H,12-13H2,1H3/t16-,17-,18+,19+,20-,21-/m1/s1. The van der Waals surface area contributed by atoms with Crippen LogP contribution in [0.1, 0.15) is 17.4 Å². The number of hydrogen-bond donors (Lipinski definition) is 0. The molecule has 0 amide bonds. The van der Waals surface area contributed by atoms with Gasteiger partial charge in [0, 0.05) is 12.7 Å². The van der Waals surface area contributed by atoms with Crippen molar-refractivity contribution in [3.63, 3.8) is 0 Å². The zero-order valence-electron chi connectivity index (χ0n) is 18.0. The van der Waals surface area contributed by atoms with E-state index in [0.717, 1.165) is 7.11 Å². The van der Waals surface area contributed by atoms with Gasteiger partial charge in [-0.25, -0.2) is 0 Å². The zero-order valence-corrected chi connectivity index (χ0v) is 18.8. The van der Waals surface area contributed by atoms with Crippen molar-refractivity contribution in [1.29, 1.82) is 0 Å². The summed E-state index contributed by atoms with van der Waals surface area (Å²) in [5.41, 5.74) is -4.27. The van der Waals surface area contributed by atoms with Crippen LogP contribution in [0.2, 0.25) is 0 Å². The van der Waals surface area contributed by atoms with E-state index in [-0.39, 0.29) is 13.2 Å². The second kappa shape index (κ2) is 10.3. The normalized spacial score (nSPS) is 30.0. The molecule has 0 radical (unpaired) electrons. The van der Waals surface area contributed by atoms with Crippen LogP contribution in [0.3, 0.4) is 0 Å². The largest absolute Gasteiger partial charge is 0.523 e. The van der Waals surface area contributed by atoms with Crippen molar-refractivity contribution in [3.05, 3.63) is 71.8 Å². The molecule has 34 heavy (non-hydrogen) atoms. The maximum absolute atomic E-state index is 13.1. The van der Waals surface area contributed by atoms with Gasteiger partial charge in [0.05, 0.1) is 13.2 Å². The lowest BCUT2D eigenvalue weighted by Crippen LogP contribution is -2.64. The molecule has 6 atom stereocenters. The number of alkyl halides is 3. The monoisotopic (exact) mass is 504 g/mol. The van der Waals surface area contributed by atoms with E-state index < -0.39 is 52.6 Å². The van der Waals surface area contributed by atoms with Crippen LogP contribution < -0.4 is 0 Å². The number of fused-ring (bicyclic) bond motifs is 1. The quantitative estimate of drug-likeness (QED) is 0.419. The van der Waals surface area contributed by atoms with Crippen LogP contribution in [0, 0.1) is 0 Å². The highest BCUT2D eigenvalue weighted by molar-refractivity contribution is 7.87. The Labute approximate surface area is 194 Å². The Morgan fingerprint density at radius 1 is 0.971 bits per heavy atom. The fraction of sp³-hybridized carbons (Fsp3) is 0.455. The van der Waals surface area contributed by atoms with Crippen molar-refractivity contribution >= 4 is 10.1 Å². The van der Waals surface area contributed by atoms with Crippen molar-refractivity contribution in [3.8, 4) is 0 Å². The van der Waals surface area contributed by atoms with Gasteiger partial charge in [0.2, 0.25) is 0 Å². The maximum atomic E-state index is 13.1. The number of hydrogen-bond acceptors (Lipinski definition) is 8. The molecule has 12 heteroatoms. The van der Waals surface area contributed by atoms with Crippen LogP contribution in [0.25, 0.3) is 0 Å². The van der Waals surface area contributed by atoms with Crippen LogP contribution in [0.4, 0.5) is 13.2 Å². The van der Waals surface area contributed by atoms with E-state index in [1.807, 2.05) is 0 Å². The number of rotatable bonds is 7. The van der Waals surface area contributed by atoms with Crippen molar-refractivity contribution < 1.29 is 49.5 Å². The summed E-state index contributed by atoms with van der Waals surface area (Å²) in [4.78, 5) is 0. The summed E-state index contributed by atoms with van der Waals surface area (Å²) in [6.07, 6.45) is -7.26. The molecule has 8 nitrogen and oxygen atoms in total. The fourth-order valence-corrected chi connectivity index (χ4v) is 4.38. The Morgan fingerprint density at radius 2 is 1.62 bits per heavy atom. The molecular formula is C22H23F3O8S. The number of benzene rings is 2. The maximum Gasteiger partial charge on any atom is 0.523 e. The molecule has 4 rings (SSSR count). The highest BCUT2D eigenvalue weighted by atomic mass is 32.2. The summed E-state index contributed by atoms with van der Waals surface area (Å²) in [7, 11) is -4.83. The molecule has 2 heterocycles. The highest BCUT2D eigenvalue weighted by Gasteiger charge is 2.57. The summed E-state index contributed by atoms with van der Waals surface area (Å²) >= 11 is 0. The first-order valence-corrected chi connectivity index (χ1v) is 11.8. The van der Waals surface area contributed by atoms with Gasteiger partial charge < -0.3 is 23.7 Å².